The molecule has 196 valence electrons. The minimum absolute atomic E-state index is 0.150. The van der Waals surface area contributed by atoms with Gasteiger partial charge in [0.15, 0.2) is 0 Å². The van der Waals surface area contributed by atoms with Crippen LogP contribution in [-0.2, 0) is 6.54 Å². The number of nitrogens with zero attached hydrogens (tertiary/aromatic N) is 1. The molecule has 0 radical (unpaired) electrons. The fraction of sp³-hybridized carbons (Fsp3) is 0.400. The largest absolute Gasteiger partial charge is 0.573 e. The minimum atomic E-state index is -4.74. The summed E-state index contributed by atoms with van der Waals surface area (Å²) in [6, 6.07) is 25.9. The average Bonchev–Trinajstić information content (AvgIpc) is 3.17. The van der Waals surface area contributed by atoms with E-state index in [-0.39, 0.29) is 23.8 Å². The van der Waals surface area contributed by atoms with E-state index in [0.29, 0.717) is 23.8 Å². The zero-order valence-corrected chi connectivity index (χ0v) is 21.0. The molecule has 1 N–H and O–H groups in total. The third-order valence-corrected chi connectivity index (χ3v) is 7.77. The summed E-state index contributed by atoms with van der Waals surface area (Å²) in [6.45, 7) is 2.50. The van der Waals surface area contributed by atoms with Gasteiger partial charge in [-0.1, -0.05) is 60.7 Å². The number of hydrogen-bond donors (Lipinski definition) is 1. The lowest BCUT2D eigenvalue weighted by atomic mass is 9.80. The second-order valence-electron chi connectivity index (χ2n) is 10.0. The molecule has 0 aromatic heterocycles. The SMILES string of the molecule is COc1ccc(OC(F)(F)F)cc1CNC1CC2CCN(CC2)C1C(c1ccccc1)c1ccccc1. The lowest BCUT2D eigenvalue weighted by Gasteiger charge is -2.41. The van der Waals surface area contributed by atoms with Crippen LogP contribution in [0.2, 0.25) is 0 Å². The summed E-state index contributed by atoms with van der Waals surface area (Å²) in [5.74, 6) is 1.10. The molecule has 3 aliphatic heterocycles. The highest BCUT2D eigenvalue weighted by Gasteiger charge is 2.42. The highest BCUT2D eigenvalue weighted by molar-refractivity contribution is 5.41. The summed E-state index contributed by atoms with van der Waals surface area (Å²) >= 11 is 0. The van der Waals surface area contributed by atoms with E-state index in [4.69, 9.17) is 4.74 Å². The Hall–Kier alpha value is -3.03. The lowest BCUT2D eigenvalue weighted by Crippen LogP contribution is -2.52. The molecule has 0 saturated carbocycles. The summed E-state index contributed by atoms with van der Waals surface area (Å²) in [6.07, 6.45) is -1.37. The maximum Gasteiger partial charge on any atom is 0.573 e. The summed E-state index contributed by atoms with van der Waals surface area (Å²) in [7, 11) is 1.53. The monoisotopic (exact) mass is 510 g/mol. The van der Waals surface area contributed by atoms with Crippen molar-refractivity contribution in [1.29, 1.82) is 0 Å². The first-order valence-electron chi connectivity index (χ1n) is 12.9. The van der Waals surface area contributed by atoms with Crippen LogP contribution in [0.4, 0.5) is 13.2 Å². The summed E-state index contributed by atoms with van der Waals surface area (Å²) < 4.78 is 48.2. The van der Waals surface area contributed by atoms with Crippen molar-refractivity contribution in [3.05, 3.63) is 95.6 Å². The van der Waals surface area contributed by atoms with E-state index in [1.54, 1.807) is 0 Å². The molecule has 6 rings (SSSR count). The van der Waals surface area contributed by atoms with Crippen molar-refractivity contribution in [3.8, 4) is 11.5 Å². The van der Waals surface area contributed by atoms with Crippen molar-refractivity contribution in [2.75, 3.05) is 20.2 Å². The van der Waals surface area contributed by atoms with Crippen molar-refractivity contribution in [2.24, 2.45) is 5.92 Å². The fourth-order valence-corrected chi connectivity index (χ4v) is 6.13. The zero-order valence-electron chi connectivity index (χ0n) is 21.0. The normalized spacial score (nSPS) is 23.6. The van der Waals surface area contributed by atoms with Crippen LogP contribution in [0.3, 0.4) is 0 Å². The smallest absolute Gasteiger partial charge is 0.496 e. The number of fused-ring (bicyclic) bond motifs is 4. The van der Waals surface area contributed by atoms with Crippen LogP contribution in [0, 0.1) is 5.92 Å². The van der Waals surface area contributed by atoms with Gasteiger partial charge >= 0.3 is 6.36 Å². The van der Waals surface area contributed by atoms with Crippen LogP contribution in [-0.4, -0.2) is 43.5 Å². The molecule has 3 saturated heterocycles. The Morgan fingerprint density at radius 2 is 1.54 bits per heavy atom. The molecule has 0 aliphatic carbocycles. The van der Waals surface area contributed by atoms with E-state index < -0.39 is 6.36 Å². The second-order valence-corrected chi connectivity index (χ2v) is 10.0. The van der Waals surface area contributed by atoms with Gasteiger partial charge in [-0.25, -0.2) is 0 Å². The Morgan fingerprint density at radius 3 is 2.11 bits per heavy atom. The van der Waals surface area contributed by atoms with Crippen LogP contribution >= 0.6 is 0 Å². The number of hydrogen-bond acceptors (Lipinski definition) is 4. The predicted molar refractivity (Wildman–Crippen MR) is 138 cm³/mol. The number of methoxy groups -OCH3 is 1. The van der Waals surface area contributed by atoms with Gasteiger partial charge in [0.25, 0.3) is 0 Å². The van der Waals surface area contributed by atoms with E-state index in [1.807, 2.05) is 12.1 Å². The molecule has 2 bridgehead atoms. The molecule has 2 unspecified atom stereocenters. The first-order chi connectivity index (χ1) is 17.9. The van der Waals surface area contributed by atoms with Crippen LogP contribution < -0.4 is 14.8 Å². The lowest BCUT2D eigenvalue weighted by molar-refractivity contribution is -0.274. The van der Waals surface area contributed by atoms with Gasteiger partial charge in [-0.05, 0) is 67.6 Å². The number of alkyl halides is 3. The van der Waals surface area contributed by atoms with Gasteiger partial charge in [-0.3, -0.25) is 4.90 Å². The molecule has 3 aromatic carbocycles. The maximum absolute atomic E-state index is 12.9. The average molecular weight is 511 g/mol. The number of nitrogens with one attached hydrogen (secondary N) is 1. The molecule has 3 aromatic rings. The first kappa shape index (κ1) is 25.6. The third kappa shape index (κ3) is 6.11. The first-order valence-corrected chi connectivity index (χ1v) is 12.9. The van der Waals surface area contributed by atoms with Gasteiger partial charge in [0, 0.05) is 30.1 Å². The molecule has 7 heteroatoms. The molecule has 3 fully saturated rings. The Balaban J connectivity index is 1.48. The summed E-state index contributed by atoms with van der Waals surface area (Å²) in [5.41, 5.74) is 3.19. The van der Waals surface area contributed by atoms with Crippen LogP contribution in [0.25, 0.3) is 0 Å². The number of piperidine rings is 1. The molecular formula is C30H33F3N2O2. The van der Waals surface area contributed by atoms with Crippen LogP contribution in [0.1, 0.15) is 41.9 Å². The maximum atomic E-state index is 12.9. The Morgan fingerprint density at radius 1 is 0.919 bits per heavy atom. The Bertz CT molecular complexity index is 1110. The second kappa shape index (κ2) is 11.2. The van der Waals surface area contributed by atoms with E-state index in [1.165, 1.54) is 49.3 Å². The molecule has 2 atom stereocenters. The van der Waals surface area contributed by atoms with Gasteiger partial charge in [-0.2, -0.15) is 0 Å². The molecule has 37 heavy (non-hydrogen) atoms. The van der Waals surface area contributed by atoms with Gasteiger partial charge in [-0.15, -0.1) is 13.2 Å². The van der Waals surface area contributed by atoms with Crippen LogP contribution in [0.5, 0.6) is 11.5 Å². The zero-order chi connectivity index (χ0) is 25.8. The number of rotatable bonds is 8. The van der Waals surface area contributed by atoms with Crippen molar-refractivity contribution in [2.45, 2.75) is 50.2 Å². The highest BCUT2D eigenvalue weighted by Crippen LogP contribution is 2.40. The third-order valence-electron chi connectivity index (χ3n) is 7.77. The van der Waals surface area contributed by atoms with Crippen molar-refractivity contribution < 1.29 is 22.6 Å². The highest BCUT2D eigenvalue weighted by atomic mass is 19.4. The Labute approximate surface area is 216 Å². The Kier molecular flexibility index (Phi) is 7.72. The molecule has 3 heterocycles. The van der Waals surface area contributed by atoms with Gasteiger partial charge in [0.2, 0.25) is 0 Å². The number of benzene rings is 3. The standard InChI is InChI=1S/C30H33F3N2O2/c1-36-27-13-12-25(37-30(31,32)33)19-24(27)20-34-26-18-21-14-16-35(17-15-21)29(26)28(22-8-4-2-5-9-22)23-10-6-3-7-11-23/h2-13,19,21,26,28-29,34H,14-18,20H2,1H3. The van der Waals surface area contributed by atoms with Gasteiger partial charge in [0.1, 0.15) is 11.5 Å². The molecule has 4 nitrogen and oxygen atoms in total. The van der Waals surface area contributed by atoms with E-state index >= 15 is 0 Å². The topological polar surface area (TPSA) is 33.7 Å². The van der Waals surface area contributed by atoms with E-state index in [9.17, 15) is 13.2 Å². The van der Waals surface area contributed by atoms with Crippen molar-refractivity contribution >= 4 is 0 Å². The van der Waals surface area contributed by atoms with Gasteiger partial charge in [0.05, 0.1) is 7.11 Å². The van der Waals surface area contributed by atoms with E-state index in [0.717, 1.165) is 19.5 Å². The molecule has 0 amide bonds. The molecule has 0 spiro atoms. The fourth-order valence-electron chi connectivity index (χ4n) is 6.13. The quantitative estimate of drug-likeness (QED) is 0.382. The molecular weight excluding hydrogens is 477 g/mol. The number of ether oxygens (including phenoxy) is 2. The number of halogens is 3. The predicted octanol–water partition coefficient (Wildman–Crippen LogP) is 6.37. The summed E-state index contributed by atoms with van der Waals surface area (Å²) in [5, 5.41) is 3.76. The summed E-state index contributed by atoms with van der Waals surface area (Å²) in [4.78, 5) is 2.62. The van der Waals surface area contributed by atoms with Crippen LogP contribution in [0.15, 0.2) is 78.9 Å². The minimum Gasteiger partial charge on any atom is -0.496 e. The molecule has 3 aliphatic rings. The van der Waals surface area contributed by atoms with E-state index in [2.05, 4.69) is 63.5 Å². The van der Waals surface area contributed by atoms with Crippen molar-refractivity contribution in [1.82, 2.24) is 10.2 Å². The van der Waals surface area contributed by atoms with Gasteiger partial charge < -0.3 is 14.8 Å². The van der Waals surface area contributed by atoms with Crippen molar-refractivity contribution in [3.63, 3.8) is 0 Å².